The second-order valence-electron chi connectivity index (χ2n) is 9.18. The van der Waals surface area contributed by atoms with Gasteiger partial charge in [0, 0.05) is 31.1 Å². The number of carbonyl (C=O) groups is 1. The zero-order valence-electron chi connectivity index (χ0n) is 19.9. The molecule has 3 aromatic rings. The van der Waals surface area contributed by atoms with Crippen molar-refractivity contribution in [2.24, 2.45) is 0 Å². The fourth-order valence-corrected chi connectivity index (χ4v) is 4.66. The van der Waals surface area contributed by atoms with E-state index in [2.05, 4.69) is 39.0 Å². The van der Waals surface area contributed by atoms with Gasteiger partial charge < -0.3 is 15.7 Å². The van der Waals surface area contributed by atoms with Gasteiger partial charge in [-0.2, -0.15) is 10.2 Å². The van der Waals surface area contributed by atoms with Crippen LogP contribution in [-0.4, -0.2) is 39.9 Å². The average molecular weight is 481 g/mol. The maximum Gasteiger partial charge on any atom is 0.217 e. The van der Waals surface area contributed by atoms with E-state index in [1.54, 1.807) is 0 Å². The number of nitrogens with zero attached hydrogens (tertiary/aromatic N) is 2. The molecular formula is C27H30F2N4O2. The van der Waals surface area contributed by atoms with Gasteiger partial charge in [-0.05, 0) is 79.6 Å². The van der Waals surface area contributed by atoms with Crippen LogP contribution in [0.5, 0.6) is 0 Å². The van der Waals surface area contributed by atoms with Crippen molar-refractivity contribution < 1.29 is 18.7 Å². The Morgan fingerprint density at radius 2 is 1.89 bits per heavy atom. The van der Waals surface area contributed by atoms with Crippen molar-refractivity contribution in [3.05, 3.63) is 82.5 Å². The van der Waals surface area contributed by atoms with Crippen LogP contribution in [0.2, 0.25) is 0 Å². The minimum absolute atomic E-state index is 0.0244. The van der Waals surface area contributed by atoms with Crippen molar-refractivity contribution in [3.8, 4) is 11.3 Å². The van der Waals surface area contributed by atoms with E-state index in [0.717, 1.165) is 47.8 Å². The highest BCUT2D eigenvalue weighted by Gasteiger charge is 2.25. The van der Waals surface area contributed by atoms with E-state index >= 15 is 0 Å². The van der Waals surface area contributed by atoms with Crippen LogP contribution >= 0.6 is 0 Å². The van der Waals surface area contributed by atoms with Crippen LogP contribution in [-0.2, 0) is 17.6 Å². The first-order valence-electron chi connectivity index (χ1n) is 11.9. The Labute approximate surface area is 203 Å². The SMILES string of the molecule is CC(=O)N[C@@H](Cc1cc(F)cc(F)c1)[C@H](O)CNC1CCCc2ccc(-c3ccc(C)nn3)cc21. The van der Waals surface area contributed by atoms with E-state index in [9.17, 15) is 18.7 Å². The second-order valence-corrected chi connectivity index (χ2v) is 9.18. The van der Waals surface area contributed by atoms with Crippen molar-refractivity contribution in [2.45, 2.75) is 57.7 Å². The number of nitrogens with one attached hydrogen (secondary N) is 2. The fraction of sp³-hybridized carbons (Fsp3) is 0.370. The van der Waals surface area contributed by atoms with E-state index < -0.39 is 23.8 Å². The van der Waals surface area contributed by atoms with Crippen LogP contribution < -0.4 is 10.6 Å². The van der Waals surface area contributed by atoms with E-state index in [-0.39, 0.29) is 24.9 Å². The van der Waals surface area contributed by atoms with Gasteiger partial charge in [-0.3, -0.25) is 4.79 Å². The quantitative estimate of drug-likeness (QED) is 0.457. The summed E-state index contributed by atoms with van der Waals surface area (Å²) in [6, 6.07) is 12.7. The Kier molecular flexibility index (Phi) is 7.83. The van der Waals surface area contributed by atoms with Gasteiger partial charge >= 0.3 is 0 Å². The summed E-state index contributed by atoms with van der Waals surface area (Å²) in [5.41, 5.74) is 5.42. The van der Waals surface area contributed by atoms with E-state index in [0.29, 0.717) is 5.56 Å². The van der Waals surface area contributed by atoms with Crippen LogP contribution in [0.1, 0.15) is 48.2 Å². The molecule has 8 heteroatoms. The van der Waals surface area contributed by atoms with Crippen LogP contribution in [0, 0.1) is 18.6 Å². The average Bonchev–Trinajstić information content (AvgIpc) is 2.81. The number of aliphatic hydroxyl groups is 1. The summed E-state index contributed by atoms with van der Waals surface area (Å²) in [4.78, 5) is 11.7. The lowest BCUT2D eigenvalue weighted by Gasteiger charge is -2.30. The molecule has 3 N–H and O–H groups in total. The molecule has 0 spiro atoms. The van der Waals surface area contributed by atoms with Crippen LogP contribution in [0.3, 0.4) is 0 Å². The molecule has 3 atom stereocenters. The monoisotopic (exact) mass is 480 g/mol. The van der Waals surface area contributed by atoms with Gasteiger partial charge in [-0.25, -0.2) is 8.78 Å². The lowest BCUT2D eigenvalue weighted by atomic mass is 9.86. The number of rotatable bonds is 8. The molecule has 1 aliphatic carbocycles. The Bertz CT molecular complexity index is 1170. The summed E-state index contributed by atoms with van der Waals surface area (Å²) < 4.78 is 27.3. The molecule has 0 aliphatic heterocycles. The summed E-state index contributed by atoms with van der Waals surface area (Å²) in [7, 11) is 0. The molecule has 1 heterocycles. The second kappa shape index (κ2) is 11.0. The zero-order valence-corrected chi connectivity index (χ0v) is 19.9. The first-order valence-corrected chi connectivity index (χ1v) is 11.9. The number of aryl methyl sites for hydroxylation is 2. The molecule has 1 aliphatic rings. The highest BCUT2D eigenvalue weighted by molar-refractivity contribution is 5.73. The maximum atomic E-state index is 13.6. The molecule has 6 nitrogen and oxygen atoms in total. The molecule has 1 aromatic heterocycles. The van der Waals surface area contributed by atoms with Crippen molar-refractivity contribution in [2.75, 3.05) is 6.54 Å². The minimum Gasteiger partial charge on any atom is -0.390 e. The number of benzene rings is 2. The van der Waals surface area contributed by atoms with Crippen LogP contribution in [0.25, 0.3) is 11.3 Å². The topological polar surface area (TPSA) is 87.1 Å². The summed E-state index contributed by atoms with van der Waals surface area (Å²) in [6.45, 7) is 3.46. The molecule has 0 saturated carbocycles. The predicted molar refractivity (Wildman–Crippen MR) is 130 cm³/mol. The van der Waals surface area contributed by atoms with Gasteiger partial charge in [0.1, 0.15) is 11.6 Å². The molecular weight excluding hydrogens is 450 g/mol. The smallest absolute Gasteiger partial charge is 0.217 e. The number of hydrogen-bond donors (Lipinski definition) is 3. The third kappa shape index (κ3) is 6.46. The van der Waals surface area contributed by atoms with E-state index in [1.807, 2.05) is 19.1 Å². The number of amides is 1. The van der Waals surface area contributed by atoms with Gasteiger partial charge in [0.15, 0.2) is 0 Å². The largest absolute Gasteiger partial charge is 0.390 e. The molecule has 1 unspecified atom stereocenters. The summed E-state index contributed by atoms with van der Waals surface area (Å²) in [5.74, 6) is -1.71. The molecule has 0 fully saturated rings. The number of carbonyl (C=O) groups excluding carboxylic acids is 1. The summed E-state index contributed by atoms with van der Waals surface area (Å²) in [6.07, 6.45) is 2.05. The highest BCUT2D eigenvalue weighted by atomic mass is 19.1. The molecule has 2 aromatic carbocycles. The minimum atomic E-state index is -0.957. The molecule has 4 rings (SSSR count). The van der Waals surface area contributed by atoms with Gasteiger partial charge in [0.05, 0.1) is 23.5 Å². The normalized spacial score (nSPS) is 16.9. The maximum absolute atomic E-state index is 13.6. The predicted octanol–water partition coefficient (Wildman–Crippen LogP) is 3.81. The lowest BCUT2D eigenvalue weighted by Crippen LogP contribution is -2.48. The molecule has 35 heavy (non-hydrogen) atoms. The number of aliphatic hydroxyl groups excluding tert-OH is 1. The number of aromatic nitrogens is 2. The molecule has 184 valence electrons. The number of fused-ring (bicyclic) bond motifs is 1. The molecule has 0 bridgehead atoms. The highest BCUT2D eigenvalue weighted by Crippen LogP contribution is 2.33. The van der Waals surface area contributed by atoms with Crippen LogP contribution in [0.15, 0.2) is 48.5 Å². The fourth-order valence-electron chi connectivity index (χ4n) is 4.66. The molecule has 0 saturated heterocycles. The van der Waals surface area contributed by atoms with Crippen molar-refractivity contribution in [1.82, 2.24) is 20.8 Å². The Balaban J connectivity index is 1.48. The number of hydrogen-bond acceptors (Lipinski definition) is 5. The lowest BCUT2D eigenvalue weighted by molar-refractivity contribution is -0.120. The Hall–Kier alpha value is -3.23. The van der Waals surface area contributed by atoms with E-state index in [1.165, 1.54) is 24.6 Å². The van der Waals surface area contributed by atoms with Gasteiger partial charge in [-0.1, -0.05) is 12.1 Å². The summed E-state index contributed by atoms with van der Waals surface area (Å²) >= 11 is 0. The zero-order chi connectivity index (χ0) is 24.9. The van der Waals surface area contributed by atoms with Gasteiger partial charge in [0.25, 0.3) is 0 Å². The standard InChI is InChI=1S/C27H30F2N4O2/c1-16-6-9-24(33-32-16)20-8-7-19-4-3-5-25(23(19)13-20)30-15-27(35)26(31-17(2)34)12-18-10-21(28)14-22(29)11-18/h6-11,13-14,25-27,30,35H,3-5,12,15H2,1-2H3,(H,31,34)/t25?,26-,27+/m0/s1. The van der Waals surface area contributed by atoms with E-state index in [4.69, 9.17) is 0 Å². The Morgan fingerprint density at radius 1 is 1.11 bits per heavy atom. The van der Waals surface area contributed by atoms with Crippen molar-refractivity contribution in [3.63, 3.8) is 0 Å². The first kappa shape index (κ1) is 24.9. The molecule has 0 radical (unpaired) electrons. The summed E-state index contributed by atoms with van der Waals surface area (Å²) in [5, 5.41) is 25.5. The van der Waals surface area contributed by atoms with Gasteiger partial charge in [-0.15, -0.1) is 0 Å². The Morgan fingerprint density at radius 3 is 2.57 bits per heavy atom. The van der Waals surface area contributed by atoms with Crippen LogP contribution in [0.4, 0.5) is 8.78 Å². The number of halogens is 2. The third-order valence-corrected chi connectivity index (χ3v) is 6.36. The van der Waals surface area contributed by atoms with Crippen molar-refractivity contribution >= 4 is 5.91 Å². The first-order chi connectivity index (χ1) is 16.8. The van der Waals surface area contributed by atoms with Gasteiger partial charge in [0.2, 0.25) is 5.91 Å². The van der Waals surface area contributed by atoms with Crippen molar-refractivity contribution in [1.29, 1.82) is 0 Å². The molecule has 1 amide bonds. The third-order valence-electron chi connectivity index (χ3n) is 6.36.